The summed E-state index contributed by atoms with van der Waals surface area (Å²) in [6.07, 6.45) is 0.127. The molecule has 0 atom stereocenters. The Labute approximate surface area is 137 Å². The summed E-state index contributed by atoms with van der Waals surface area (Å²) in [5, 5.41) is 21.0. The number of amides is 2. The molecule has 0 unspecified atom stereocenters. The number of carbonyl (C=O) groups excluding carboxylic acids is 2. The number of carboxylic acid groups (broad SMARTS) is 1. The molecule has 1 heterocycles. The van der Waals surface area contributed by atoms with Gasteiger partial charge in [0.15, 0.2) is 0 Å². The van der Waals surface area contributed by atoms with Gasteiger partial charge in [0.25, 0.3) is 11.8 Å². The molecule has 1 aliphatic rings. The minimum absolute atomic E-state index is 0.127. The number of halogens is 1. The minimum atomic E-state index is -1.24. The Bertz CT molecular complexity index is 686. The first-order valence-electron chi connectivity index (χ1n) is 6.84. The summed E-state index contributed by atoms with van der Waals surface area (Å²) in [6, 6.07) is 6.96. The van der Waals surface area contributed by atoms with Crippen LogP contribution in [0.2, 0.25) is 5.02 Å². The van der Waals surface area contributed by atoms with Crippen LogP contribution >= 0.6 is 11.6 Å². The number of nitrogens with one attached hydrogen (secondary N) is 1. The number of nitrogens with zero attached hydrogens (tertiary/aromatic N) is 1. The van der Waals surface area contributed by atoms with Crippen LogP contribution in [-0.4, -0.2) is 46.0 Å². The highest BCUT2D eigenvalue weighted by Crippen LogP contribution is 2.21. The van der Waals surface area contributed by atoms with E-state index in [0.29, 0.717) is 5.02 Å². The van der Waals surface area contributed by atoms with Gasteiger partial charge < -0.3 is 20.4 Å². The Balaban J connectivity index is 2.13. The van der Waals surface area contributed by atoms with Gasteiger partial charge in [-0.2, -0.15) is 0 Å². The lowest BCUT2D eigenvalue weighted by Gasteiger charge is -2.28. The van der Waals surface area contributed by atoms with E-state index in [2.05, 4.69) is 5.32 Å². The number of carbonyl (C=O) groups is 3. The van der Waals surface area contributed by atoms with Crippen LogP contribution in [-0.2, 0) is 20.9 Å². The van der Waals surface area contributed by atoms with Crippen LogP contribution in [0, 0.1) is 0 Å². The Morgan fingerprint density at radius 1 is 1.35 bits per heavy atom. The van der Waals surface area contributed by atoms with Crippen molar-refractivity contribution in [1.82, 2.24) is 10.2 Å². The number of aliphatic hydroxyl groups excluding tert-OH is 1. The summed E-state index contributed by atoms with van der Waals surface area (Å²) < 4.78 is 0. The van der Waals surface area contributed by atoms with E-state index < -0.39 is 29.9 Å². The lowest BCUT2D eigenvalue weighted by Crippen LogP contribution is -2.43. The van der Waals surface area contributed by atoms with Gasteiger partial charge in [-0.25, -0.2) is 0 Å². The third-order valence-electron chi connectivity index (χ3n) is 3.30. The van der Waals surface area contributed by atoms with Crippen molar-refractivity contribution in [2.45, 2.75) is 13.0 Å². The Kier molecular flexibility index (Phi) is 5.23. The highest BCUT2D eigenvalue weighted by Gasteiger charge is 2.32. The first-order chi connectivity index (χ1) is 10.9. The molecule has 0 saturated carbocycles. The fourth-order valence-corrected chi connectivity index (χ4v) is 2.44. The van der Waals surface area contributed by atoms with Crippen molar-refractivity contribution in [3.05, 3.63) is 46.2 Å². The van der Waals surface area contributed by atoms with Gasteiger partial charge in [-0.15, -0.1) is 0 Å². The number of carboxylic acids is 1. The van der Waals surface area contributed by atoms with E-state index in [1.165, 1.54) is 4.90 Å². The molecule has 122 valence electrons. The lowest BCUT2D eigenvalue weighted by molar-refractivity contribution is -0.138. The molecule has 3 N–H and O–H groups in total. The predicted molar refractivity (Wildman–Crippen MR) is 81.8 cm³/mol. The molecule has 2 amide bonds. The van der Waals surface area contributed by atoms with Crippen LogP contribution < -0.4 is 5.32 Å². The average molecular weight is 339 g/mol. The van der Waals surface area contributed by atoms with E-state index in [1.54, 1.807) is 24.3 Å². The van der Waals surface area contributed by atoms with Gasteiger partial charge in [-0.3, -0.25) is 14.4 Å². The standard InChI is InChI=1S/C15H15ClN2O5/c16-10-3-1-2-9(6-10)8-18-5-4-11(19)13(15(18)23)14(22)17-7-12(20)21/h1-3,6,19H,4-5,7-8H2,(H,17,22)(H,20,21). The highest BCUT2D eigenvalue weighted by atomic mass is 35.5. The van der Waals surface area contributed by atoms with E-state index in [1.807, 2.05) is 0 Å². The molecule has 0 fully saturated rings. The molecule has 1 aromatic rings. The highest BCUT2D eigenvalue weighted by molar-refractivity contribution is 6.30. The van der Waals surface area contributed by atoms with Gasteiger partial charge in [0.2, 0.25) is 0 Å². The van der Waals surface area contributed by atoms with E-state index in [0.717, 1.165) is 5.56 Å². The maximum absolute atomic E-state index is 12.4. The molecule has 8 heteroatoms. The SMILES string of the molecule is O=C(O)CNC(=O)C1=C(O)CCN(Cc2cccc(Cl)c2)C1=O. The van der Waals surface area contributed by atoms with Crippen molar-refractivity contribution >= 4 is 29.4 Å². The molecule has 0 aromatic heterocycles. The van der Waals surface area contributed by atoms with E-state index in [9.17, 15) is 19.5 Å². The molecule has 0 spiro atoms. The number of hydrogen-bond donors (Lipinski definition) is 3. The molecule has 0 bridgehead atoms. The summed E-state index contributed by atoms with van der Waals surface area (Å²) in [4.78, 5) is 36.2. The monoisotopic (exact) mass is 338 g/mol. The molecule has 7 nitrogen and oxygen atoms in total. The maximum Gasteiger partial charge on any atom is 0.322 e. The molecule has 0 radical (unpaired) electrons. The summed E-state index contributed by atoms with van der Waals surface area (Å²) in [7, 11) is 0. The second-order valence-corrected chi connectivity index (χ2v) is 5.44. The molecule has 23 heavy (non-hydrogen) atoms. The second kappa shape index (κ2) is 7.15. The van der Waals surface area contributed by atoms with Crippen molar-refractivity contribution < 1.29 is 24.6 Å². The smallest absolute Gasteiger partial charge is 0.322 e. The fourth-order valence-electron chi connectivity index (χ4n) is 2.23. The molecule has 0 aliphatic carbocycles. The van der Waals surface area contributed by atoms with Crippen LogP contribution in [0.3, 0.4) is 0 Å². The molecular weight excluding hydrogens is 324 g/mol. The number of rotatable bonds is 5. The number of benzene rings is 1. The number of aliphatic hydroxyl groups is 1. The molecule has 1 aliphatic heterocycles. The van der Waals surface area contributed by atoms with Gasteiger partial charge in [-0.05, 0) is 17.7 Å². The molecule has 2 rings (SSSR count). The zero-order valence-corrected chi connectivity index (χ0v) is 12.8. The van der Waals surface area contributed by atoms with Crippen molar-refractivity contribution in [1.29, 1.82) is 0 Å². The van der Waals surface area contributed by atoms with Gasteiger partial charge in [0.1, 0.15) is 17.9 Å². The van der Waals surface area contributed by atoms with Gasteiger partial charge in [0.05, 0.1) is 0 Å². The first-order valence-corrected chi connectivity index (χ1v) is 7.22. The van der Waals surface area contributed by atoms with Crippen molar-refractivity contribution in [3.63, 3.8) is 0 Å². The van der Waals surface area contributed by atoms with Crippen LogP contribution in [0.1, 0.15) is 12.0 Å². The van der Waals surface area contributed by atoms with Gasteiger partial charge >= 0.3 is 5.97 Å². The maximum atomic E-state index is 12.4. The van der Waals surface area contributed by atoms with Crippen molar-refractivity contribution in [2.75, 3.05) is 13.1 Å². The van der Waals surface area contributed by atoms with Crippen LogP contribution in [0.25, 0.3) is 0 Å². The van der Waals surface area contributed by atoms with Crippen molar-refractivity contribution in [3.8, 4) is 0 Å². The van der Waals surface area contributed by atoms with Crippen LogP contribution in [0.5, 0.6) is 0 Å². The predicted octanol–water partition coefficient (Wildman–Crippen LogP) is 1.09. The summed E-state index contributed by atoms with van der Waals surface area (Å²) in [5.74, 6) is -3.11. The lowest BCUT2D eigenvalue weighted by atomic mass is 10.0. The van der Waals surface area contributed by atoms with E-state index in [-0.39, 0.29) is 25.3 Å². The zero-order valence-electron chi connectivity index (χ0n) is 12.1. The molecular formula is C15H15ClN2O5. The topological polar surface area (TPSA) is 107 Å². The summed E-state index contributed by atoms with van der Waals surface area (Å²) in [6.45, 7) is -0.132. The quantitative estimate of drug-likeness (QED) is 0.697. The minimum Gasteiger partial charge on any atom is -0.511 e. The normalized spacial score (nSPS) is 14.8. The zero-order chi connectivity index (χ0) is 17.0. The van der Waals surface area contributed by atoms with Crippen LogP contribution in [0.4, 0.5) is 0 Å². The fraction of sp³-hybridized carbons (Fsp3) is 0.267. The number of aliphatic carboxylic acids is 1. The number of hydrogen-bond acceptors (Lipinski definition) is 4. The second-order valence-electron chi connectivity index (χ2n) is 5.00. The van der Waals surface area contributed by atoms with E-state index >= 15 is 0 Å². The third kappa shape index (κ3) is 4.23. The molecule has 1 aromatic carbocycles. The molecule has 0 saturated heterocycles. The van der Waals surface area contributed by atoms with Gasteiger partial charge in [-0.1, -0.05) is 23.7 Å². The van der Waals surface area contributed by atoms with Crippen LogP contribution in [0.15, 0.2) is 35.6 Å². The summed E-state index contributed by atoms with van der Waals surface area (Å²) >= 11 is 5.90. The van der Waals surface area contributed by atoms with Crippen molar-refractivity contribution in [2.24, 2.45) is 0 Å². The Morgan fingerprint density at radius 2 is 2.09 bits per heavy atom. The largest absolute Gasteiger partial charge is 0.511 e. The van der Waals surface area contributed by atoms with E-state index in [4.69, 9.17) is 16.7 Å². The summed E-state index contributed by atoms with van der Waals surface area (Å²) in [5.41, 5.74) is 0.372. The first kappa shape index (κ1) is 16.8. The third-order valence-corrected chi connectivity index (χ3v) is 3.53. The van der Waals surface area contributed by atoms with Gasteiger partial charge in [0, 0.05) is 24.5 Å². The average Bonchev–Trinajstić information content (AvgIpc) is 2.48. The Hall–Kier alpha value is -2.54. The Morgan fingerprint density at radius 3 is 2.74 bits per heavy atom.